The maximum Gasteiger partial charge on any atom is 0.264 e. The molecule has 0 radical (unpaired) electrons. The molecular weight excluding hydrogens is 850 g/mol. The van der Waals surface area contributed by atoms with Gasteiger partial charge in [0, 0.05) is 35.2 Å². The number of anilines is 2. The van der Waals surface area contributed by atoms with Crippen LogP contribution >= 0.6 is 23.2 Å². The maximum atomic E-state index is 13.8. The van der Waals surface area contributed by atoms with E-state index in [9.17, 15) is 21.6 Å². The number of aryl methyl sites for hydroxylation is 2. The van der Waals surface area contributed by atoms with Gasteiger partial charge in [0.1, 0.15) is 6.29 Å². The smallest absolute Gasteiger partial charge is 0.264 e. The number of aldehydes is 1. The minimum Gasteiger partial charge on any atom is -0.379 e. The number of carbonyl (C=O) groups excluding carboxylic acids is 1. The van der Waals surface area contributed by atoms with E-state index in [2.05, 4.69) is 29.2 Å². The standard InChI is InChI=1S/C26H27ClN2O3S.C22H18ClNO3S/c27-23-10-12-24(13-11-23)33(30,31)29-25-4-2-1-3-21(25)9-14-26(29)22-7-5-20(6-8-22)19-28-15-17-32-18-16-28;23-19-10-12-20(13-11-19)28(26,27)24-21-4-2-1-3-17(21)9-14-22(24)18-7-5-16(15-25)6-8-18/h1-8,10-13,26H,9,14-19H2;1-8,10-13,15,22H,9,14H2. The van der Waals surface area contributed by atoms with Crippen LogP contribution in [-0.4, -0.2) is 54.3 Å². The van der Waals surface area contributed by atoms with Crippen LogP contribution in [0.4, 0.5) is 11.4 Å². The Morgan fingerprint density at radius 2 is 0.984 bits per heavy atom. The van der Waals surface area contributed by atoms with Gasteiger partial charge in [-0.3, -0.25) is 18.3 Å². The van der Waals surface area contributed by atoms with E-state index in [1.165, 1.54) is 22.0 Å². The lowest BCUT2D eigenvalue weighted by molar-refractivity contribution is 0.0342. The summed E-state index contributed by atoms with van der Waals surface area (Å²) in [5.74, 6) is 0. The third-order valence-electron chi connectivity index (χ3n) is 11.5. The van der Waals surface area contributed by atoms with Gasteiger partial charge >= 0.3 is 0 Å². The maximum absolute atomic E-state index is 13.8. The van der Waals surface area contributed by atoms with Crippen LogP contribution in [0.25, 0.3) is 0 Å². The van der Waals surface area contributed by atoms with Crippen molar-refractivity contribution in [3.63, 3.8) is 0 Å². The third-order valence-corrected chi connectivity index (χ3v) is 15.6. The Morgan fingerprint density at radius 1 is 0.557 bits per heavy atom. The molecule has 13 heteroatoms. The number of sulfonamides is 2. The highest BCUT2D eigenvalue weighted by Crippen LogP contribution is 2.44. The molecule has 3 aliphatic rings. The topological polar surface area (TPSA) is 104 Å². The fourth-order valence-corrected chi connectivity index (χ4v) is 12.0. The number of hydrogen-bond acceptors (Lipinski definition) is 7. The van der Waals surface area contributed by atoms with E-state index in [0.29, 0.717) is 27.7 Å². The predicted octanol–water partition coefficient (Wildman–Crippen LogP) is 10.1. The molecule has 9 rings (SSSR count). The molecule has 6 aromatic rings. The zero-order valence-electron chi connectivity index (χ0n) is 33.3. The molecule has 0 bridgehead atoms. The van der Waals surface area contributed by atoms with Gasteiger partial charge in [-0.1, -0.05) is 108 Å². The van der Waals surface area contributed by atoms with E-state index in [1.807, 2.05) is 60.7 Å². The highest BCUT2D eigenvalue weighted by molar-refractivity contribution is 7.93. The molecule has 3 heterocycles. The molecule has 61 heavy (non-hydrogen) atoms. The Hall–Kier alpha value is -5.01. The number of morpholine rings is 1. The number of hydrogen-bond donors (Lipinski definition) is 0. The SMILES string of the molecule is O=Cc1ccc(C2CCc3ccccc3N2S(=O)(=O)c2ccc(Cl)cc2)cc1.O=S(=O)(c1ccc(Cl)cc1)N1c2ccccc2CCC1c1ccc(CN2CCOCC2)cc1. The van der Waals surface area contributed by atoms with Gasteiger partial charge in [-0.2, -0.15) is 0 Å². The first-order chi connectivity index (χ1) is 29.5. The van der Waals surface area contributed by atoms with E-state index in [0.717, 1.165) is 86.3 Å². The lowest BCUT2D eigenvalue weighted by atomic mass is 9.93. The van der Waals surface area contributed by atoms with Gasteiger partial charge in [-0.05, 0) is 114 Å². The van der Waals surface area contributed by atoms with Crippen molar-refractivity contribution >= 4 is 60.9 Å². The average molecular weight is 895 g/mol. The fraction of sp³-hybridized carbons (Fsp3) is 0.229. The van der Waals surface area contributed by atoms with Gasteiger partial charge in [-0.25, -0.2) is 16.8 Å². The van der Waals surface area contributed by atoms with Crippen LogP contribution in [0.15, 0.2) is 155 Å². The Kier molecular flexibility index (Phi) is 13.0. The molecule has 0 spiro atoms. The lowest BCUT2D eigenvalue weighted by Gasteiger charge is -2.38. The lowest BCUT2D eigenvalue weighted by Crippen LogP contribution is -2.38. The number of carbonyl (C=O) groups is 1. The van der Waals surface area contributed by atoms with E-state index < -0.39 is 20.0 Å². The van der Waals surface area contributed by atoms with Crippen LogP contribution in [0.5, 0.6) is 0 Å². The van der Waals surface area contributed by atoms with Crippen LogP contribution in [0.2, 0.25) is 10.0 Å². The summed E-state index contributed by atoms with van der Waals surface area (Å²) in [6.45, 7) is 4.31. The molecule has 9 nitrogen and oxygen atoms in total. The summed E-state index contributed by atoms with van der Waals surface area (Å²) in [6.07, 6.45) is 3.78. The zero-order valence-corrected chi connectivity index (χ0v) is 36.5. The number of nitrogens with zero attached hydrogens (tertiary/aromatic N) is 3. The van der Waals surface area contributed by atoms with Crippen LogP contribution < -0.4 is 8.61 Å². The molecule has 0 N–H and O–H groups in total. The average Bonchev–Trinajstić information content (AvgIpc) is 3.29. The van der Waals surface area contributed by atoms with E-state index in [4.69, 9.17) is 27.9 Å². The first kappa shape index (κ1) is 42.7. The number of halogens is 2. The number of benzene rings is 6. The second-order valence-corrected chi connectivity index (χ2v) is 19.8. The van der Waals surface area contributed by atoms with Crippen molar-refractivity contribution in [3.8, 4) is 0 Å². The number of para-hydroxylation sites is 2. The fourth-order valence-electron chi connectivity index (χ4n) is 8.33. The van der Waals surface area contributed by atoms with Crippen molar-refractivity contribution in [1.82, 2.24) is 4.90 Å². The van der Waals surface area contributed by atoms with Crippen LogP contribution in [0, 0.1) is 0 Å². The van der Waals surface area contributed by atoms with Crippen molar-refractivity contribution in [1.29, 1.82) is 0 Å². The van der Waals surface area contributed by atoms with E-state index >= 15 is 0 Å². The molecule has 314 valence electrons. The summed E-state index contributed by atoms with van der Waals surface area (Å²) in [6, 6.07) is 42.9. The molecule has 2 atom stereocenters. The highest BCUT2D eigenvalue weighted by Gasteiger charge is 2.38. The number of rotatable bonds is 9. The Balaban J connectivity index is 0.000000171. The van der Waals surface area contributed by atoms with Crippen LogP contribution in [-0.2, 0) is 44.2 Å². The number of ether oxygens (including phenoxy) is 1. The second kappa shape index (κ2) is 18.5. The summed E-state index contributed by atoms with van der Waals surface area (Å²) in [5, 5.41) is 0.999. The van der Waals surface area contributed by atoms with Gasteiger partial charge in [0.25, 0.3) is 20.0 Å². The Labute approximate surface area is 368 Å². The molecule has 0 saturated carbocycles. The molecule has 1 saturated heterocycles. The predicted molar refractivity (Wildman–Crippen MR) is 242 cm³/mol. The van der Waals surface area contributed by atoms with Gasteiger partial charge in [0.05, 0.1) is 46.5 Å². The molecule has 2 unspecified atom stereocenters. The first-order valence-electron chi connectivity index (χ1n) is 20.2. The quantitative estimate of drug-likeness (QED) is 0.133. The summed E-state index contributed by atoms with van der Waals surface area (Å²) in [4.78, 5) is 13.8. The largest absolute Gasteiger partial charge is 0.379 e. The minimum absolute atomic E-state index is 0.197. The molecular formula is C48H45Cl2N3O6S2. The monoisotopic (exact) mass is 893 g/mol. The summed E-state index contributed by atoms with van der Waals surface area (Å²) < 4.78 is 63.4. The molecule has 3 aliphatic heterocycles. The molecule has 0 amide bonds. The minimum atomic E-state index is -3.80. The first-order valence-corrected chi connectivity index (χ1v) is 23.9. The molecule has 1 fully saturated rings. The van der Waals surface area contributed by atoms with Crippen LogP contribution in [0.3, 0.4) is 0 Å². The normalized spacial score (nSPS) is 18.0. The van der Waals surface area contributed by atoms with Crippen molar-refractivity contribution in [3.05, 3.63) is 189 Å². The third kappa shape index (κ3) is 9.28. The Morgan fingerprint density at radius 3 is 1.43 bits per heavy atom. The summed E-state index contributed by atoms with van der Waals surface area (Å²) in [5.41, 5.74) is 7.15. The van der Waals surface area contributed by atoms with Crippen LogP contribution in [0.1, 0.15) is 63.1 Å². The van der Waals surface area contributed by atoms with Crippen molar-refractivity contribution < 1.29 is 26.4 Å². The van der Waals surface area contributed by atoms with E-state index in [-0.39, 0.29) is 21.9 Å². The van der Waals surface area contributed by atoms with E-state index in [1.54, 1.807) is 52.8 Å². The second-order valence-electron chi connectivity index (χ2n) is 15.3. The Bertz CT molecular complexity index is 2690. The summed E-state index contributed by atoms with van der Waals surface area (Å²) >= 11 is 12.0. The van der Waals surface area contributed by atoms with Gasteiger partial charge in [0.2, 0.25) is 0 Å². The van der Waals surface area contributed by atoms with Gasteiger partial charge in [-0.15, -0.1) is 0 Å². The van der Waals surface area contributed by atoms with Gasteiger partial charge < -0.3 is 4.74 Å². The zero-order chi connectivity index (χ0) is 42.6. The molecule has 6 aromatic carbocycles. The number of fused-ring (bicyclic) bond motifs is 2. The van der Waals surface area contributed by atoms with Gasteiger partial charge in [0.15, 0.2) is 0 Å². The van der Waals surface area contributed by atoms with Crippen molar-refractivity contribution in [2.24, 2.45) is 0 Å². The van der Waals surface area contributed by atoms with Crippen molar-refractivity contribution in [2.75, 3.05) is 34.9 Å². The highest BCUT2D eigenvalue weighted by atomic mass is 35.5. The molecule has 0 aliphatic carbocycles. The van der Waals surface area contributed by atoms with Crippen molar-refractivity contribution in [2.45, 2.75) is 54.1 Å². The summed E-state index contributed by atoms with van der Waals surface area (Å²) in [7, 11) is -7.57. The molecule has 0 aromatic heterocycles.